The Bertz CT molecular complexity index is 1230. The van der Waals surface area contributed by atoms with Crippen molar-refractivity contribution in [3.8, 4) is 5.75 Å². The molecule has 3 heterocycles. The molecule has 2 aromatic heterocycles. The van der Waals surface area contributed by atoms with Crippen molar-refractivity contribution in [2.24, 2.45) is 0 Å². The monoisotopic (exact) mass is 468 g/mol. The van der Waals surface area contributed by atoms with E-state index in [0.29, 0.717) is 42.8 Å². The predicted molar refractivity (Wildman–Crippen MR) is 126 cm³/mol. The maximum atomic E-state index is 12.8. The number of benzene rings is 1. The molecule has 1 aliphatic heterocycles. The molecule has 3 aromatic rings. The number of carbonyl (C=O) groups is 2. The lowest BCUT2D eigenvalue weighted by Crippen LogP contribution is -2.35. The van der Waals surface area contributed by atoms with Crippen molar-refractivity contribution >= 4 is 35.0 Å². The molecule has 1 aromatic carbocycles. The molecule has 180 valence electrons. The van der Waals surface area contributed by atoms with E-state index in [0.717, 1.165) is 5.56 Å². The zero-order chi connectivity index (χ0) is 24.5. The Kier molecular flexibility index (Phi) is 6.29. The number of carbonyl (C=O) groups excluding carboxylic acids is 2. The fourth-order valence-corrected chi connectivity index (χ4v) is 3.44. The van der Waals surface area contributed by atoms with Crippen molar-refractivity contribution in [1.82, 2.24) is 19.9 Å². The maximum absolute atomic E-state index is 12.8. The van der Waals surface area contributed by atoms with E-state index in [1.165, 1.54) is 15.6 Å². The van der Waals surface area contributed by atoms with Crippen LogP contribution in [0.2, 0.25) is 0 Å². The molecule has 0 aliphatic carbocycles. The maximum Gasteiger partial charge on any atom is 0.415 e. The molecule has 4 bridgehead atoms. The van der Waals surface area contributed by atoms with Gasteiger partial charge < -0.3 is 24.8 Å². The summed E-state index contributed by atoms with van der Waals surface area (Å²) in [5.74, 6) is 1.01. The summed E-state index contributed by atoms with van der Waals surface area (Å²) in [4.78, 5) is 31.6. The lowest BCUT2D eigenvalue weighted by atomic mass is 10.2. The van der Waals surface area contributed by atoms with E-state index < -0.39 is 11.7 Å². The van der Waals surface area contributed by atoms with Gasteiger partial charge in [0.15, 0.2) is 5.65 Å². The van der Waals surface area contributed by atoms with E-state index in [1.807, 2.05) is 18.2 Å². The topological polar surface area (TPSA) is 119 Å². The summed E-state index contributed by atoms with van der Waals surface area (Å²) in [5.41, 5.74) is 1.44. The summed E-state index contributed by atoms with van der Waals surface area (Å²) in [6, 6.07) is 7.30. The average molecular weight is 469 g/mol. The van der Waals surface area contributed by atoms with Crippen LogP contribution in [-0.2, 0) is 16.1 Å². The number of ether oxygens (including phenoxy) is 3. The molecule has 0 atom stereocenters. The molecule has 0 unspecified atom stereocenters. The third-order valence-electron chi connectivity index (χ3n) is 5.04. The summed E-state index contributed by atoms with van der Waals surface area (Å²) in [6.45, 7) is 6.39. The second-order valence-electron chi connectivity index (χ2n) is 8.80. The summed E-state index contributed by atoms with van der Waals surface area (Å²) in [5, 5.41) is 10.4. The Labute approximate surface area is 197 Å². The van der Waals surface area contributed by atoms with Gasteiger partial charge in [-0.2, -0.15) is 9.61 Å². The van der Waals surface area contributed by atoms with Crippen LogP contribution in [-0.4, -0.2) is 59.5 Å². The number of amides is 2. The first-order chi connectivity index (χ1) is 16.2. The molecule has 0 saturated carbocycles. The number of fused-ring (bicyclic) bond motifs is 3. The van der Waals surface area contributed by atoms with Crippen molar-refractivity contribution < 1.29 is 23.8 Å². The van der Waals surface area contributed by atoms with E-state index in [1.54, 1.807) is 41.0 Å². The average Bonchev–Trinajstić information content (AvgIpc) is 3.20. The molecule has 11 heteroatoms. The van der Waals surface area contributed by atoms with E-state index in [4.69, 9.17) is 14.2 Å². The highest BCUT2D eigenvalue weighted by Crippen LogP contribution is 2.31. The van der Waals surface area contributed by atoms with Gasteiger partial charge in [-0.3, -0.25) is 9.69 Å². The standard InChI is InChI=1S/C23H28N6O5/c1-23(2,3)34-22(31)28(4)19-11-18-26-16-10-14(6-7-17(16)32-5)13-33-9-8-24-21(30)15-12-25-29(19)20(15)27-18/h6-7,10-12H,8-9,13H2,1-5H3,(H,24,30)(H,26,27). The molecule has 2 N–H and O–H groups in total. The lowest BCUT2D eigenvalue weighted by molar-refractivity contribution is 0.0587. The highest BCUT2D eigenvalue weighted by atomic mass is 16.6. The molecule has 1 aliphatic rings. The number of methoxy groups -OCH3 is 1. The number of aromatic nitrogens is 3. The fourth-order valence-electron chi connectivity index (χ4n) is 3.44. The van der Waals surface area contributed by atoms with E-state index in [2.05, 4.69) is 20.7 Å². The van der Waals surface area contributed by atoms with Gasteiger partial charge in [-0.1, -0.05) is 6.07 Å². The molecular formula is C23H28N6O5. The van der Waals surface area contributed by atoms with Gasteiger partial charge in [0.05, 0.1) is 32.2 Å². The molecule has 0 spiro atoms. The van der Waals surface area contributed by atoms with Crippen LogP contribution < -0.4 is 20.3 Å². The summed E-state index contributed by atoms with van der Waals surface area (Å²) in [7, 11) is 3.15. The Morgan fingerprint density at radius 1 is 1.26 bits per heavy atom. The van der Waals surface area contributed by atoms with Crippen molar-refractivity contribution in [3.05, 3.63) is 41.6 Å². The largest absolute Gasteiger partial charge is 0.495 e. The smallest absolute Gasteiger partial charge is 0.415 e. The van der Waals surface area contributed by atoms with E-state index in [-0.39, 0.29) is 17.1 Å². The quantitative estimate of drug-likeness (QED) is 0.589. The van der Waals surface area contributed by atoms with Gasteiger partial charge in [-0.25, -0.2) is 9.78 Å². The minimum Gasteiger partial charge on any atom is -0.495 e. The first kappa shape index (κ1) is 23.3. The third kappa shape index (κ3) is 4.88. The summed E-state index contributed by atoms with van der Waals surface area (Å²) < 4.78 is 18.1. The van der Waals surface area contributed by atoms with Crippen LogP contribution in [0.5, 0.6) is 5.75 Å². The second-order valence-corrected chi connectivity index (χ2v) is 8.80. The second kappa shape index (κ2) is 9.18. The first-order valence-corrected chi connectivity index (χ1v) is 10.8. The van der Waals surface area contributed by atoms with Gasteiger partial charge in [0.1, 0.15) is 28.5 Å². The van der Waals surface area contributed by atoms with Crippen LogP contribution in [0.3, 0.4) is 0 Å². The van der Waals surface area contributed by atoms with Gasteiger partial charge in [0.2, 0.25) is 0 Å². The van der Waals surface area contributed by atoms with Crippen LogP contribution in [0, 0.1) is 0 Å². The van der Waals surface area contributed by atoms with Gasteiger partial charge in [-0.05, 0) is 38.5 Å². The molecule has 0 fully saturated rings. The van der Waals surface area contributed by atoms with E-state index in [9.17, 15) is 9.59 Å². The van der Waals surface area contributed by atoms with Gasteiger partial charge in [0, 0.05) is 19.7 Å². The van der Waals surface area contributed by atoms with Gasteiger partial charge >= 0.3 is 6.09 Å². The minimum absolute atomic E-state index is 0.264. The molecule has 2 amide bonds. The molecular weight excluding hydrogens is 440 g/mol. The highest BCUT2D eigenvalue weighted by Gasteiger charge is 2.25. The van der Waals surface area contributed by atoms with Gasteiger partial charge in [0.25, 0.3) is 5.91 Å². The van der Waals surface area contributed by atoms with Crippen molar-refractivity contribution in [2.45, 2.75) is 33.0 Å². The van der Waals surface area contributed by atoms with Crippen molar-refractivity contribution in [3.63, 3.8) is 0 Å². The van der Waals surface area contributed by atoms with Crippen LogP contribution in [0.25, 0.3) is 5.65 Å². The minimum atomic E-state index is -0.683. The van der Waals surface area contributed by atoms with Crippen LogP contribution in [0.4, 0.5) is 22.1 Å². The Morgan fingerprint density at radius 2 is 2.06 bits per heavy atom. The SMILES string of the molecule is COc1ccc2cc1Nc1cc(N(C)C(=O)OC(C)(C)C)n3ncc(c3n1)C(=O)NCCOC2. The van der Waals surface area contributed by atoms with Gasteiger partial charge in [-0.15, -0.1) is 0 Å². The lowest BCUT2D eigenvalue weighted by Gasteiger charge is -2.25. The number of nitrogens with zero attached hydrogens (tertiary/aromatic N) is 4. The summed E-state index contributed by atoms with van der Waals surface area (Å²) >= 11 is 0. The number of anilines is 3. The van der Waals surface area contributed by atoms with Crippen LogP contribution >= 0.6 is 0 Å². The molecule has 34 heavy (non-hydrogen) atoms. The molecule has 0 radical (unpaired) electrons. The fraction of sp³-hybridized carbons (Fsp3) is 0.391. The number of hydrogen-bond acceptors (Lipinski definition) is 8. The number of rotatable bonds is 2. The van der Waals surface area contributed by atoms with Crippen molar-refractivity contribution in [2.75, 3.05) is 37.5 Å². The highest BCUT2D eigenvalue weighted by molar-refractivity contribution is 6.00. The Hall–Kier alpha value is -3.86. The Balaban J connectivity index is 1.86. The first-order valence-electron chi connectivity index (χ1n) is 10.8. The molecule has 11 nitrogen and oxygen atoms in total. The normalized spacial score (nSPS) is 14.2. The number of hydrogen-bond donors (Lipinski definition) is 2. The number of nitrogens with one attached hydrogen (secondary N) is 2. The summed E-state index contributed by atoms with van der Waals surface area (Å²) in [6.07, 6.45) is 0.848. The molecule has 4 rings (SSSR count). The van der Waals surface area contributed by atoms with Crippen LogP contribution in [0.15, 0.2) is 30.5 Å². The third-order valence-corrected chi connectivity index (χ3v) is 5.04. The predicted octanol–water partition coefficient (Wildman–Crippen LogP) is 3.11. The van der Waals surface area contributed by atoms with Crippen molar-refractivity contribution in [1.29, 1.82) is 0 Å². The zero-order valence-electron chi connectivity index (χ0n) is 19.8. The Morgan fingerprint density at radius 3 is 2.79 bits per heavy atom. The van der Waals surface area contributed by atoms with E-state index >= 15 is 0 Å². The molecule has 0 saturated heterocycles. The zero-order valence-corrected chi connectivity index (χ0v) is 19.8. The van der Waals surface area contributed by atoms with Crippen LogP contribution in [0.1, 0.15) is 36.7 Å².